The Labute approximate surface area is 111 Å². The summed E-state index contributed by atoms with van der Waals surface area (Å²) in [6.07, 6.45) is 0. The topological polar surface area (TPSA) is 59.1 Å². The van der Waals surface area contributed by atoms with Crippen molar-refractivity contribution in [2.75, 3.05) is 0 Å². The lowest BCUT2D eigenvalue weighted by molar-refractivity contribution is 0.478. The number of hydrogen-bond donors (Lipinski definition) is 2. The molecule has 2 aromatic carbocycles. The van der Waals surface area contributed by atoms with E-state index in [4.69, 9.17) is 27.5 Å². The number of aryl methyl sites for hydroxylation is 1. The van der Waals surface area contributed by atoms with Crippen LogP contribution in [0.4, 0.5) is 0 Å². The van der Waals surface area contributed by atoms with Crippen LogP contribution in [0.25, 0.3) is 0 Å². The van der Waals surface area contributed by atoms with Crippen LogP contribution in [0.5, 0.6) is 11.5 Å². The standard InChI is InChI=1S/C14H13ClN2O/c1-9-6-7-10(15)8-13(9)18-12-5-3-2-4-11(12)14(16)17/h2-8H,1H3,(H3,16,17). The molecule has 0 heterocycles. The molecule has 2 aromatic rings. The van der Waals surface area contributed by atoms with Crippen molar-refractivity contribution in [2.24, 2.45) is 5.73 Å². The van der Waals surface area contributed by atoms with Crippen molar-refractivity contribution in [1.82, 2.24) is 0 Å². The molecule has 0 spiro atoms. The average molecular weight is 261 g/mol. The van der Waals surface area contributed by atoms with E-state index < -0.39 is 0 Å². The van der Waals surface area contributed by atoms with Crippen LogP contribution in [0.15, 0.2) is 42.5 Å². The first-order valence-electron chi connectivity index (χ1n) is 5.45. The fourth-order valence-corrected chi connectivity index (χ4v) is 1.74. The van der Waals surface area contributed by atoms with E-state index in [0.717, 1.165) is 5.56 Å². The maximum atomic E-state index is 7.51. The summed E-state index contributed by atoms with van der Waals surface area (Å²) in [4.78, 5) is 0. The largest absolute Gasteiger partial charge is 0.456 e. The van der Waals surface area contributed by atoms with Gasteiger partial charge >= 0.3 is 0 Å². The van der Waals surface area contributed by atoms with Crippen molar-refractivity contribution in [3.63, 3.8) is 0 Å². The second-order valence-corrected chi connectivity index (χ2v) is 4.36. The molecule has 0 aliphatic heterocycles. The van der Waals surface area contributed by atoms with Gasteiger partial charge in [0.15, 0.2) is 0 Å². The summed E-state index contributed by atoms with van der Waals surface area (Å²) < 4.78 is 5.78. The predicted octanol–water partition coefficient (Wildman–Crippen LogP) is 3.72. The average Bonchev–Trinajstić information content (AvgIpc) is 2.34. The molecule has 3 N–H and O–H groups in total. The molecule has 0 aliphatic carbocycles. The van der Waals surface area contributed by atoms with Gasteiger partial charge in [0, 0.05) is 5.02 Å². The minimum atomic E-state index is -0.0229. The minimum Gasteiger partial charge on any atom is -0.456 e. The Morgan fingerprint density at radius 3 is 2.61 bits per heavy atom. The third-order valence-corrected chi connectivity index (χ3v) is 2.78. The number of amidine groups is 1. The van der Waals surface area contributed by atoms with E-state index in [-0.39, 0.29) is 5.84 Å². The highest BCUT2D eigenvalue weighted by Gasteiger charge is 2.08. The molecule has 0 aliphatic rings. The highest BCUT2D eigenvalue weighted by Crippen LogP contribution is 2.29. The highest BCUT2D eigenvalue weighted by molar-refractivity contribution is 6.30. The van der Waals surface area contributed by atoms with Crippen molar-refractivity contribution in [1.29, 1.82) is 5.41 Å². The number of nitrogens with two attached hydrogens (primary N) is 1. The summed E-state index contributed by atoms with van der Waals surface area (Å²) in [6.45, 7) is 1.93. The third-order valence-electron chi connectivity index (χ3n) is 2.55. The van der Waals surface area contributed by atoms with Crippen LogP contribution in [0.2, 0.25) is 5.02 Å². The molecular formula is C14H13ClN2O. The molecule has 0 bridgehead atoms. The van der Waals surface area contributed by atoms with Gasteiger partial charge in [-0.05, 0) is 36.8 Å². The van der Waals surface area contributed by atoms with Gasteiger partial charge in [-0.2, -0.15) is 0 Å². The van der Waals surface area contributed by atoms with Crippen LogP contribution in [0, 0.1) is 12.3 Å². The summed E-state index contributed by atoms with van der Waals surface area (Å²) in [5.74, 6) is 1.19. The number of para-hydroxylation sites is 1. The zero-order valence-corrected chi connectivity index (χ0v) is 10.7. The Bertz CT molecular complexity index is 596. The SMILES string of the molecule is Cc1ccc(Cl)cc1Oc1ccccc1C(=N)N. The molecule has 4 heteroatoms. The number of nitrogens with one attached hydrogen (secondary N) is 1. The number of nitrogen functional groups attached to an aromatic ring is 1. The summed E-state index contributed by atoms with van der Waals surface area (Å²) in [7, 11) is 0. The number of ether oxygens (including phenoxy) is 1. The second kappa shape index (κ2) is 5.10. The quantitative estimate of drug-likeness (QED) is 0.653. The zero-order valence-electron chi connectivity index (χ0n) is 9.91. The van der Waals surface area contributed by atoms with Crippen molar-refractivity contribution < 1.29 is 4.74 Å². The van der Waals surface area contributed by atoms with Crippen molar-refractivity contribution in [2.45, 2.75) is 6.92 Å². The lowest BCUT2D eigenvalue weighted by atomic mass is 10.2. The Morgan fingerprint density at radius 1 is 1.17 bits per heavy atom. The summed E-state index contributed by atoms with van der Waals surface area (Å²) in [6, 6.07) is 12.6. The molecule has 0 aromatic heterocycles. The molecule has 0 saturated heterocycles. The van der Waals surface area contributed by atoms with Crippen molar-refractivity contribution in [3.05, 3.63) is 58.6 Å². The van der Waals surface area contributed by atoms with E-state index in [1.54, 1.807) is 24.3 Å². The van der Waals surface area contributed by atoms with Crippen molar-refractivity contribution >= 4 is 17.4 Å². The molecule has 92 valence electrons. The van der Waals surface area contributed by atoms with E-state index >= 15 is 0 Å². The van der Waals surface area contributed by atoms with Gasteiger partial charge in [0.2, 0.25) is 0 Å². The van der Waals surface area contributed by atoms with Crippen LogP contribution in [-0.4, -0.2) is 5.84 Å². The molecule has 3 nitrogen and oxygen atoms in total. The summed E-state index contributed by atoms with van der Waals surface area (Å²) in [5, 5.41) is 8.12. The van der Waals surface area contributed by atoms with Gasteiger partial charge in [-0.1, -0.05) is 29.8 Å². The lowest BCUT2D eigenvalue weighted by Gasteiger charge is -2.12. The van der Waals surface area contributed by atoms with Gasteiger partial charge in [-0.15, -0.1) is 0 Å². The fraction of sp³-hybridized carbons (Fsp3) is 0.0714. The van der Waals surface area contributed by atoms with Gasteiger partial charge < -0.3 is 10.5 Å². The molecule has 0 unspecified atom stereocenters. The first-order chi connectivity index (χ1) is 8.58. The van der Waals surface area contributed by atoms with Crippen molar-refractivity contribution in [3.8, 4) is 11.5 Å². The van der Waals surface area contributed by atoms with Crippen LogP contribution in [0.1, 0.15) is 11.1 Å². The Hall–Kier alpha value is -2.00. The first-order valence-corrected chi connectivity index (χ1v) is 5.83. The summed E-state index contributed by atoms with van der Waals surface area (Å²) >= 11 is 5.94. The van der Waals surface area contributed by atoms with Gasteiger partial charge in [0.25, 0.3) is 0 Å². The Morgan fingerprint density at radius 2 is 1.89 bits per heavy atom. The predicted molar refractivity (Wildman–Crippen MR) is 73.7 cm³/mol. The highest BCUT2D eigenvalue weighted by atomic mass is 35.5. The van der Waals surface area contributed by atoms with Crippen LogP contribution < -0.4 is 10.5 Å². The van der Waals surface area contributed by atoms with Gasteiger partial charge in [0.1, 0.15) is 17.3 Å². The summed E-state index contributed by atoms with van der Waals surface area (Å²) in [5.41, 5.74) is 7.05. The Kier molecular flexibility index (Phi) is 3.53. The van der Waals surface area contributed by atoms with E-state index in [1.807, 2.05) is 25.1 Å². The molecule has 18 heavy (non-hydrogen) atoms. The fourth-order valence-electron chi connectivity index (χ4n) is 1.58. The van der Waals surface area contributed by atoms with E-state index in [1.165, 1.54) is 0 Å². The maximum absolute atomic E-state index is 7.51. The second-order valence-electron chi connectivity index (χ2n) is 3.92. The number of benzene rings is 2. The van der Waals surface area contributed by atoms with E-state index in [0.29, 0.717) is 22.1 Å². The molecular weight excluding hydrogens is 248 g/mol. The molecule has 0 radical (unpaired) electrons. The number of hydrogen-bond acceptors (Lipinski definition) is 2. The smallest absolute Gasteiger partial charge is 0.138 e. The van der Waals surface area contributed by atoms with Gasteiger partial charge in [-0.25, -0.2) is 0 Å². The maximum Gasteiger partial charge on any atom is 0.138 e. The zero-order chi connectivity index (χ0) is 13.1. The first kappa shape index (κ1) is 12.5. The number of halogens is 1. The molecule has 0 amide bonds. The van der Waals surface area contributed by atoms with Crippen LogP contribution in [-0.2, 0) is 0 Å². The molecule has 0 saturated carbocycles. The molecule has 0 fully saturated rings. The van der Waals surface area contributed by atoms with Gasteiger partial charge in [0.05, 0.1) is 5.56 Å². The van der Waals surface area contributed by atoms with Crippen LogP contribution in [0.3, 0.4) is 0 Å². The lowest BCUT2D eigenvalue weighted by Crippen LogP contribution is -2.12. The van der Waals surface area contributed by atoms with E-state index in [2.05, 4.69) is 0 Å². The van der Waals surface area contributed by atoms with E-state index in [9.17, 15) is 0 Å². The van der Waals surface area contributed by atoms with Gasteiger partial charge in [-0.3, -0.25) is 5.41 Å². The normalized spacial score (nSPS) is 10.1. The monoisotopic (exact) mass is 260 g/mol. The third kappa shape index (κ3) is 2.63. The van der Waals surface area contributed by atoms with Crippen LogP contribution >= 0.6 is 11.6 Å². The minimum absolute atomic E-state index is 0.0229. The number of rotatable bonds is 3. The Balaban J connectivity index is 2.40. The molecule has 0 atom stereocenters. The molecule has 2 rings (SSSR count).